The highest BCUT2D eigenvalue weighted by Crippen LogP contribution is 2.27. The molecular weight excluding hydrogens is 226 g/mol. The molecule has 0 amide bonds. The maximum Gasteiger partial charge on any atom is 0.0355 e. The van der Waals surface area contributed by atoms with E-state index < -0.39 is 0 Å². The van der Waals surface area contributed by atoms with Gasteiger partial charge >= 0.3 is 0 Å². The smallest absolute Gasteiger partial charge is 0.0355 e. The number of fused-ring (bicyclic) bond motifs is 1. The van der Waals surface area contributed by atoms with E-state index in [0.29, 0.717) is 0 Å². The van der Waals surface area contributed by atoms with E-state index in [2.05, 4.69) is 45.5 Å². The van der Waals surface area contributed by atoms with E-state index in [9.17, 15) is 0 Å². The molecule has 1 nitrogen and oxygen atoms in total. The Balaban J connectivity index is 2.77. The molecule has 13 heavy (non-hydrogen) atoms. The minimum Gasteiger partial charge on any atom is -0.388 e. The van der Waals surface area contributed by atoms with Gasteiger partial charge in [-0.15, -0.1) is 0 Å². The lowest BCUT2D eigenvalue weighted by atomic mass is 10.1. The van der Waals surface area contributed by atoms with Crippen LogP contribution in [0.2, 0.25) is 0 Å². The molecule has 0 heterocycles. The van der Waals surface area contributed by atoms with Gasteiger partial charge in [-0.2, -0.15) is 0 Å². The van der Waals surface area contributed by atoms with E-state index in [1.807, 2.05) is 19.2 Å². The van der Waals surface area contributed by atoms with Gasteiger partial charge in [0, 0.05) is 17.2 Å². The van der Waals surface area contributed by atoms with E-state index >= 15 is 0 Å². The van der Waals surface area contributed by atoms with E-state index in [1.54, 1.807) is 0 Å². The van der Waals surface area contributed by atoms with Crippen LogP contribution in [0.15, 0.2) is 40.9 Å². The van der Waals surface area contributed by atoms with Crippen molar-refractivity contribution in [3.63, 3.8) is 0 Å². The van der Waals surface area contributed by atoms with Gasteiger partial charge in [0.15, 0.2) is 0 Å². The standard InChI is InChI=1S/C11H10BrN/c1-13-9-6-8-4-2-3-5-10(8)11(12)7-9/h2-7,13H,1H3. The minimum atomic E-state index is 1.13. The monoisotopic (exact) mass is 235 g/mol. The van der Waals surface area contributed by atoms with Crippen LogP contribution in [0.1, 0.15) is 0 Å². The molecule has 0 saturated heterocycles. The van der Waals surface area contributed by atoms with Gasteiger partial charge in [-0.25, -0.2) is 0 Å². The summed E-state index contributed by atoms with van der Waals surface area (Å²) in [6.45, 7) is 0. The van der Waals surface area contributed by atoms with Crippen LogP contribution < -0.4 is 5.32 Å². The average molecular weight is 236 g/mol. The molecule has 0 aliphatic heterocycles. The molecule has 0 aliphatic rings. The van der Waals surface area contributed by atoms with Crippen molar-refractivity contribution in [2.75, 3.05) is 12.4 Å². The van der Waals surface area contributed by atoms with E-state index in [4.69, 9.17) is 0 Å². The summed E-state index contributed by atoms with van der Waals surface area (Å²) in [5.74, 6) is 0. The predicted molar refractivity (Wildman–Crippen MR) is 61.2 cm³/mol. The molecule has 0 unspecified atom stereocenters. The lowest BCUT2D eigenvalue weighted by Gasteiger charge is -2.04. The fourth-order valence-electron chi connectivity index (χ4n) is 1.41. The topological polar surface area (TPSA) is 12.0 Å². The second-order valence-electron chi connectivity index (χ2n) is 2.93. The summed E-state index contributed by atoms with van der Waals surface area (Å²) in [5, 5.41) is 5.63. The molecule has 0 atom stereocenters. The minimum absolute atomic E-state index is 1.13. The van der Waals surface area contributed by atoms with Crippen LogP contribution in [-0.4, -0.2) is 7.05 Å². The number of nitrogens with one attached hydrogen (secondary N) is 1. The Morgan fingerprint density at radius 1 is 1.15 bits per heavy atom. The van der Waals surface area contributed by atoms with Crippen molar-refractivity contribution < 1.29 is 0 Å². The second kappa shape index (κ2) is 3.38. The molecule has 0 fully saturated rings. The second-order valence-corrected chi connectivity index (χ2v) is 3.78. The van der Waals surface area contributed by atoms with Crippen molar-refractivity contribution >= 4 is 32.4 Å². The van der Waals surface area contributed by atoms with Gasteiger partial charge in [0.05, 0.1) is 0 Å². The zero-order valence-electron chi connectivity index (χ0n) is 7.34. The maximum absolute atomic E-state index is 3.55. The fourth-order valence-corrected chi connectivity index (χ4v) is 2.02. The summed E-state index contributed by atoms with van der Waals surface area (Å²) >= 11 is 3.55. The third-order valence-electron chi connectivity index (χ3n) is 2.10. The maximum atomic E-state index is 3.55. The Labute approximate surface area is 85.9 Å². The molecule has 0 bridgehead atoms. The summed E-state index contributed by atoms with van der Waals surface area (Å²) in [5.41, 5.74) is 1.13. The molecule has 2 aromatic carbocycles. The molecule has 0 aliphatic carbocycles. The van der Waals surface area contributed by atoms with Crippen LogP contribution >= 0.6 is 15.9 Å². The summed E-state index contributed by atoms with van der Waals surface area (Å²) in [6.07, 6.45) is 0. The Morgan fingerprint density at radius 2 is 1.92 bits per heavy atom. The molecule has 0 radical (unpaired) electrons. The normalized spacial score (nSPS) is 10.3. The van der Waals surface area contributed by atoms with Gasteiger partial charge < -0.3 is 5.32 Å². The highest BCUT2D eigenvalue weighted by molar-refractivity contribution is 9.10. The fraction of sp³-hybridized carbons (Fsp3) is 0.0909. The largest absolute Gasteiger partial charge is 0.388 e. The van der Waals surface area contributed by atoms with Gasteiger partial charge in [0.25, 0.3) is 0 Å². The van der Waals surface area contributed by atoms with Crippen LogP contribution in [0.4, 0.5) is 5.69 Å². The number of anilines is 1. The first-order valence-electron chi connectivity index (χ1n) is 4.17. The van der Waals surface area contributed by atoms with Crippen LogP contribution in [0, 0.1) is 0 Å². The van der Waals surface area contributed by atoms with Gasteiger partial charge in [-0.05, 0) is 22.9 Å². The van der Waals surface area contributed by atoms with Crippen LogP contribution in [-0.2, 0) is 0 Å². The first-order chi connectivity index (χ1) is 6.31. The predicted octanol–water partition coefficient (Wildman–Crippen LogP) is 3.64. The van der Waals surface area contributed by atoms with Crippen molar-refractivity contribution in [1.29, 1.82) is 0 Å². The average Bonchev–Trinajstić information content (AvgIpc) is 2.18. The molecule has 2 heteroatoms. The zero-order valence-corrected chi connectivity index (χ0v) is 8.93. The Bertz CT molecular complexity index is 437. The summed E-state index contributed by atoms with van der Waals surface area (Å²) in [6, 6.07) is 12.5. The lowest BCUT2D eigenvalue weighted by Crippen LogP contribution is -1.87. The van der Waals surface area contributed by atoms with Gasteiger partial charge in [-0.3, -0.25) is 0 Å². The number of rotatable bonds is 1. The quantitative estimate of drug-likeness (QED) is 0.796. The van der Waals surface area contributed by atoms with Crippen LogP contribution in [0.25, 0.3) is 10.8 Å². The van der Waals surface area contributed by atoms with Crippen molar-refractivity contribution in [2.24, 2.45) is 0 Å². The first kappa shape index (κ1) is 8.57. The van der Waals surface area contributed by atoms with E-state index in [1.165, 1.54) is 10.8 Å². The molecule has 2 aromatic rings. The van der Waals surface area contributed by atoms with Gasteiger partial charge in [0.2, 0.25) is 0 Å². The number of hydrogen-bond donors (Lipinski definition) is 1. The summed E-state index contributed by atoms with van der Waals surface area (Å²) < 4.78 is 1.13. The van der Waals surface area contributed by atoms with Crippen LogP contribution in [0.5, 0.6) is 0 Å². The summed E-state index contributed by atoms with van der Waals surface area (Å²) in [7, 11) is 1.93. The Hall–Kier alpha value is -1.02. The Kier molecular flexibility index (Phi) is 2.23. The molecule has 0 saturated carbocycles. The molecule has 2 rings (SSSR count). The number of benzene rings is 2. The molecule has 1 N–H and O–H groups in total. The van der Waals surface area contributed by atoms with Crippen LogP contribution in [0.3, 0.4) is 0 Å². The number of halogens is 1. The van der Waals surface area contributed by atoms with Gasteiger partial charge in [0.1, 0.15) is 0 Å². The zero-order chi connectivity index (χ0) is 9.26. The third kappa shape index (κ3) is 1.54. The SMILES string of the molecule is CNc1cc(Br)c2ccccc2c1. The highest BCUT2D eigenvalue weighted by Gasteiger charge is 1.99. The Morgan fingerprint density at radius 3 is 2.69 bits per heavy atom. The van der Waals surface area contributed by atoms with Gasteiger partial charge in [-0.1, -0.05) is 40.2 Å². The molecule has 0 aromatic heterocycles. The van der Waals surface area contributed by atoms with Crippen molar-refractivity contribution in [2.45, 2.75) is 0 Å². The number of hydrogen-bond acceptors (Lipinski definition) is 1. The van der Waals surface area contributed by atoms with E-state index in [-0.39, 0.29) is 0 Å². The van der Waals surface area contributed by atoms with Crippen molar-refractivity contribution in [3.8, 4) is 0 Å². The van der Waals surface area contributed by atoms with E-state index in [0.717, 1.165) is 10.2 Å². The highest BCUT2D eigenvalue weighted by atomic mass is 79.9. The third-order valence-corrected chi connectivity index (χ3v) is 2.76. The summed E-state index contributed by atoms with van der Waals surface area (Å²) in [4.78, 5) is 0. The van der Waals surface area contributed by atoms with Crippen molar-refractivity contribution in [1.82, 2.24) is 0 Å². The first-order valence-corrected chi connectivity index (χ1v) is 4.96. The molecule has 66 valence electrons. The lowest BCUT2D eigenvalue weighted by molar-refractivity contribution is 1.52. The molecule has 0 spiro atoms. The van der Waals surface area contributed by atoms with Crippen molar-refractivity contribution in [3.05, 3.63) is 40.9 Å². The molecular formula is C11H10BrN.